The third-order valence-electron chi connectivity index (χ3n) is 5.28. The molecule has 0 aliphatic heterocycles. The predicted octanol–water partition coefficient (Wildman–Crippen LogP) is 7.09. The van der Waals surface area contributed by atoms with Gasteiger partial charge in [-0.05, 0) is 53.3 Å². The fraction of sp³-hybridized carbons (Fsp3) is 0.346. The summed E-state index contributed by atoms with van der Waals surface area (Å²) in [4.78, 5) is 4.57. The Kier molecular flexibility index (Phi) is 2.76. The van der Waals surface area contributed by atoms with Crippen LogP contribution in [0.5, 0.6) is 0 Å². The zero-order chi connectivity index (χ0) is 28.5. The average molecular weight is 411 g/mol. The highest BCUT2D eigenvalue weighted by molar-refractivity contribution is 6.90. The first kappa shape index (κ1) is 11.7. The lowest BCUT2D eigenvalue weighted by Crippen LogP contribution is -2.37. The Labute approximate surface area is 187 Å². The van der Waals surface area contributed by atoms with Crippen molar-refractivity contribution in [2.24, 2.45) is 5.41 Å². The van der Waals surface area contributed by atoms with Gasteiger partial charge in [-0.25, -0.2) is 0 Å². The molecule has 2 aromatic heterocycles. The maximum absolute atomic E-state index is 8.02. The molecule has 150 valence electrons. The monoisotopic (exact) mass is 410 g/mol. The van der Waals surface area contributed by atoms with Crippen LogP contribution in [-0.4, -0.2) is 13.1 Å². The van der Waals surface area contributed by atoms with Crippen LogP contribution in [0.4, 0.5) is 0 Å². The van der Waals surface area contributed by atoms with Gasteiger partial charge in [-0.2, -0.15) is 0 Å². The van der Waals surface area contributed by atoms with Crippen molar-refractivity contribution in [2.75, 3.05) is 0 Å². The lowest BCUT2D eigenvalue weighted by Gasteiger charge is -2.21. The standard InChI is InChI=1S/C26H31NOSi/c1-17-16-27-21(14-18(17)15-26(2,3)4)19-12-13-23(29(5,6)7)24-20-10-8-9-11-22(20)28-25(19)24/h8-14,16H,15H2,1-7H3/i2D3,3D3,4D3. The topological polar surface area (TPSA) is 26.0 Å². The van der Waals surface area contributed by atoms with E-state index >= 15 is 0 Å². The summed E-state index contributed by atoms with van der Waals surface area (Å²) in [6.07, 6.45) is 0.836. The first-order valence-corrected chi connectivity index (χ1v) is 13.2. The minimum atomic E-state index is -3.27. The zero-order valence-corrected chi connectivity index (χ0v) is 18.2. The highest BCUT2D eigenvalue weighted by atomic mass is 28.3. The summed E-state index contributed by atoms with van der Waals surface area (Å²) in [6.45, 7) is -1.39. The van der Waals surface area contributed by atoms with Gasteiger partial charge >= 0.3 is 0 Å². The van der Waals surface area contributed by atoms with Gasteiger partial charge in [-0.1, -0.05) is 64.5 Å². The highest BCUT2D eigenvalue weighted by Crippen LogP contribution is 2.36. The molecule has 0 aliphatic carbocycles. The molecule has 0 spiro atoms. The van der Waals surface area contributed by atoms with Crippen molar-refractivity contribution >= 4 is 35.2 Å². The number of aromatic nitrogens is 1. The van der Waals surface area contributed by atoms with E-state index in [1.807, 2.05) is 30.3 Å². The van der Waals surface area contributed by atoms with E-state index in [4.69, 9.17) is 16.8 Å². The zero-order valence-electron chi connectivity index (χ0n) is 26.2. The van der Waals surface area contributed by atoms with Gasteiger partial charge in [0.05, 0.1) is 13.8 Å². The molecule has 2 heterocycles. The molecule has 4 aromatic rings. The summed E-state index contributed by atoms with van der Waals surface area (Å²) in [5.74, 6) is 0. The number of nitrogens with zero attached hydrogens (tertiary/aromatic N) is 1. The molecule has 0 fully saturated rings. The van der Waals surface area contributed by atoms with Crippen molar-refractivity contribution in [1.29, 1.82) is 0 Å². The van der Waals surface area contributed by atoms with E-state index in [1.54, 1.807) is 13.0 Å². The quantitative estimate of drug-likeness (QED) is 0.337. The third kappa shape index (κ3) is 3.76. The largest absolute Gasteiger partial charge is 0.455 e. The van der Waals surface area contributed by atoms with E-state index < -0.39 is 40.5 Å². The molecule has 4 rings (SSSR count). The second-order valence-corrected chi connectivity index (χ2v) is 13.8. The number of aryl methyl sites for hydroxylation is 1. The van der Waals surface area contributed by atoms with Crippen molar-refractivity contribution < 1.29 is 16.8 Å². The van der Waals surface area contributed by atoms with E-state index in [1.165, 1.54) is 11.4 Å². The van der Waals surface area contributed by atoms with Crippen molar-refractivity contribution in [3.8, 4) is 11.3 Å². The number of rotatable bonds is 3. The summed E-state index contributed by atoms with van der Waals surface area (Å²) in [7, 11) is -1.79. The fourth-order valence-corrected chi connectivity index (χ4v) is 5.43. The number of hydrogen-bond donors (Lipinski definition) is 0. The summed E-state index contributed by atoms with van der Waals surface area (Å²) in [6, 6.07) is 13.4. The maximum atomic E-state index is 8.02. The molecule has 3 heteroatoms. The Balaban J connectivity index is 1.98. The van der Waals surface area contributed by atoms with Crippen LogP contribution < -0.4 is 5.19 Å². The molecule has 0 saturated carbocycles. The van der Waals surface area contributed by atoms with Crippen LogP contribution >= 0.6 is 0 Å². The van der Waals surface area contributed by atoms with Crippen molar-refractivity contribution in [1.82, 2.24) is 4.98 Å². The van der Waals surface area contributed by atoms with Crippen molar-refractivity contribution in [3.63, 3.8) is 0 Å². The Bertz CT molecular complexity index is 1470. The molecule has 0 aliphatic rings. The molecule has 2 nitrogen and oxygen atoms in total. The van der Waals surface area contributed by atoms with Gasteiger partial charge in [-0.15, -0.1) is 0 Å². The van der Waals surface area contributed by atoms with Gasteiger partial charge in [0.1, 0.15) is 11.2 Å². The number of furan rings is 1. The normalized spacial score (nSPS) is 18.7. The highest BCUT2D eigenvalue weighted by Gasteiger charge is 2.25. The fourth-order valence-electron chi connectivity index (χ4n) is 3.84. The number of pyridine rings is 1. The third-order valence-corrected chi connectivity index (χ3v) is 7.31. The lowest BCUT2D eigenvalue weighted by atomic mass is 9.86. The second kappa shape index (κ2) is 6.84. The van der Waals surface area contributed by atoms with Crippen molar-refractivity contribution in [3.05, 3.63) is 59.8 Å². The molecular weight excluding hydrogens is 370 g/mol. The second-order valence-electron chi connectivity index (χ2n) is 8.79. The van der Waals surface area contributed by atoms with Crippen LogP contribution in [0.2, 0.25) is 19.6 Å². The lowest BCUT2D eigenvalue weighted by molar-refractivity contribution is 0.410. The summed E-state index contributed by atoms with van der Waals surface area (Å²) in [5, 5.41) is 3.21. The van der Waals surface area contributed by atoms with E-state index in [9.17, 15) is 0 Å². The van der Waals surface area contributed by atoms with Gasteiger partial charge < -0.3 is 4.42 Å². The molecule has 0 unspecified atom stereocenters. The minimum Gasteiger partial charge on any atom is -0.455 e. The van der Waals surface area contributed by atoms with Gasteiger partial charge in [-0.3, -0.25) is 4.98 Å². The first-order chi connectivity index (χ1) is 17.3. The van der Waals surface area contributed by atoms with Gasteiger partial charge in [0.2, 0.25) is 0 Å². The molecule has 0 saturated heterocycles. The van der Waals surface area contributed by atoms with Crippen LogP contribution in [-0.2, 0) is 6.42 Å². The van der Waals surface area contributed by atoms with Crippen molar-refractivity contribution in [2.45, 2.75) is 53.5 Å². The van der Waals surface area contributed by atoms with E-state index in [2.05, 4.69) is 30.7 Å². The maximum Gasteiger partial charge on any atom is 0.144 e. The molecule has 0 N–H and O–H groups in total. The molecule has 0 atom stereocenters. The van der Waals surface area contributed by atoms with Gasteiger partial charge in [0, 0.05) is 34.9 Å². The average Bonchev–Trinajstić information content (AvgIpc) is 3.14. The number of hydrogen-bond acceptors (Lipinski definition) is 2. The first-order valence-electron chi connectivity index (χ1n) is 14.2. The Morgan fingerprint density at radius 2 is 1.83 bits per heavy atom. The SMILES string of the molecule is [2H]C([2H])([2H])C(Cc1cc(-c2ccc([Si](C)(C)C)c3c2oc2ccccc23)ncc1C)(C([2H])([2H])[2H])C([2H])([2H])[2H]. The van der Waals surface area contributed by atoms with Crippen LogP contribution in [0.25, 0.3) is 33.2 Å². The number of fused-ring (bicyclic) bond motifs is 3. The molecular formula is C26H31NOSi. The van der Waals surface area contributed by atoms with Gasteiger partial charge in [0.15, 0.2) is 0 Å². The Morgan fingerprint density at radius 1 is 1.07 bits per heavy atom. The van der Waals surface area contributed by atoms with Crippen LogP contribution in [0, 0.1) is 12.3 Å². The summed E-state index contributed by atoms with van der Waals surface area (Å²) >= 11 is 0. The van der Waals surface area contributed by atoms with E-state index in [-0.39, 0.29) is 0 Å². The van der Waals surface area contributed by atoms with Crippen LogP contribution in [0.15, 0.2) is 53.1 Å². The summed E-state index contributed by atoms with van der Waals surface area (Å²) in [5.41, 5.74) is 0.351. The Hall–Kier alpha value is -2.39. The van der Waals surface area contributed by atoms with E-state index in [0.717, 1.165) is 16.4 Å². The molecule has 29 heavy (non-hydrogen) atoms. The summed E-state index contributed by atoms with van der Waals surface area (Å²) < 4.78 is 78.5. The molecule has 0 radical (unpaired) electrons. The van der Waals surface area contributed by atoms with E-state index in [0.29, 0.717) is 28.0 Å². The molecule has 2 aromatic carbocycles. The van der Waals surface area contributed by atoms with Crippen LogP contribution in [0.3, 0.4) is 0 Å². The smallest absolute Gasteiger partial charge is 0.144 e. The predicted molar refractivity (Wildman–Crippen MR) is 128 cm³/mol. The molecule has 0 amide bonds. The number of benzene rings is 2. The minimum absolute atomic E-state index is 0.303. The van der Waals surface area contributed by atoms with Gasteiger partial charge in [0.25, 0.3) is 0 Å². The Morgan fingerprint density at radius 3 is 2.55 bits per heavy atom. The molecule has 0 bridgehead atoms. The number of para-hydroxylation sites is 1. The van der Waals surface area contributed by atoms with Crippen LogP contribution in [0.1, 0.15) is 44.0 Å².